The lowest BCUT2D eigenvalue weighted by Gasteiger charge is -1.93. The molecule has 0 aliphatic heterocycles. The van der Waals surface area contributed by atoms with Crippen LogP contribution in [0.3, 0.4) is 0 Å². The zero-order valence-corrected chi connectivity index (χ0v) is 6.64. The summed E-state index contributed by atoms with van der Waals surface area (Å²) in [6, 6.07) is 0. The lowest BCUT2D eigenvalue weighted by Crippen LogP contribution is -2.04. The molecule has 2 aromatic heterocycles. The average molecular weight is 174 g/mol. The first-order valence-electron chi connectivity index (χ1n) is 3.67. The summed E-state index contributed by atoms with van der Waals surface area (Å²) in [5.74, 6) is -0.203. The number of hydrogen-bond donors (Lipinski definition) is 1. The average Bonchev–Trinajstić information content (AvgIpc) is 2.71. The van der Waals surface area contributed by atoms with Crippen molar-refractivity contribution in [3.63, 3.8) is 0 Å². The fourth-order valence-corrected chi connectivity index (χ4v) is 0.934. The zero-order chi connectivity index (χ0) is 9.10. The van der Waals surface area contributed by atoms with Crippen LogP contribution in [0.1, 0.15) is 16.2 Å². The number of nitrogens with one attached hydrogen (secondary N) is 1. The number of H-pyrrole nitrogens is 1. The number of rotatable bonds is 2. The van der Waals surface area contributed by atoms with Gasteiger partial charge in [-0.15, -0.1) is 0 Å². The van der Waals surface area contributed by atoms with Gasteiger partial charge in [-0.25, -0.2) is 9.97 Å². The molecule has 64 valence electrons. The number of carbonyl (C=O) groups is 1. The highest BCUT2D eigenvalue weighted by Crippen LogP contribution is 2.00. The maximum atomic E-state index is 11.5. The molecular formula is C8H6N4O. The van der Waals surface area contributed by atoms with Crippen LogP contribution in [-0.2, 0) is 0 Å². The lowest BCUT2D eigenvalue weighted by molar-refractivity contribution is 0.103. The van der Waals surface area contributed by atoms with Crippen molar-refractivity contribution in [1.82, 2.24) is 19.9 Å². The molecule has 0 unspecified atom stereocenters. The fraction of sp³-hybridized carbons (Fsp3) is 0. The van der Waals surface area contributed by atoms with Crippen LogP contribution in [0.15, 0.2) is 31.1 Å². The number of ketones is 1. The Morgan fingerprint density at radius 1 is 1.23 bits per heavy atom. The van der Waals surface area contributed by atoms with Gasteiger partial charge in [0.15, 0.2) is 0 Å². The maximum absolute atomic E-state index is 11.5. The molecule has 0 aliphatic rings. The highest BCUT2D eigenvalue weighted by Gasteiger charge is 2.10. The van der Waals surface area contributed by atoms with E-state index in [1.807, 2.05) is 0 Å². The molecule has 13 heavy (non-hydrogen) atoms. The van der Waals surface area contributed by atoms with Gasteiger partial charge in [0.25, 0.3) is 0 Å². The normalized spacial score (nSPS) is 9.85. The minimum atomic E-state index is -0.203. The van der Waals surface area contributed by atoms with Crippen molar-refractivity contribution in [3.8, 4) is 0 Å². The van der Waals surface area contributed by atoms with E-state index in [0.29, 0.717) is 11.4 Å². The highest BCUT2D eigenvalue weighted by molar-refractivity contribution is 6.05. The summed E-state index contributed by atoms with van der Waals surface area (Å²) < 4.78 is 0. The second kappa shape index (κ2) is 3.14. The summed E-state index contributed by atoms with van der Waals surface area (Å²) in [4.78, 5) is 25.7. The molecular weight excluding hydrogens is 168 g/mol. The second-order valence-corrected chi connectivity index (χ2v) is 2.39. The highest BCUT2D eigenvalue weighted by atomic mass is 16.1. The van der Waals surface area contributed by atoms with Crippen LogP contribution in [0.2, 0.25) is 0 Å². The van der Waals surface area contributed by atoms with Gasteiger partial charge in [-0.05, 0) is 0 Å². The van der Waals surface area contributed by atoms with Crippen molar-refractivity contribution in [3.05, 3.63) is 42.5 Å². The Kier molecular flexibility index (Phi) is 1.84. The summed E-state index contributed by atoms with van der Waals surface area (Å²) in [6.45, 7) is 0. The van der Waals surface area contributed by atoms with Crippen molar-refractivity contribution in [2.45, 2.75) is 0 Å². The molecule has 5 heteroatoms. The third kappa shape index (κ3) is 1.44. The standard InChI is InChI=1S/C8H6N4O/c13-8(7-4-10-5-12-7)6-3-9-1-2-11-6/h1-5H,(H,10,12). The van der Waals surface area contributed by atoms with E-state index in [1.54, 1.807) is 0 Å². The first-order valence-corrected chi connectivity index (χ1v) is 3.67. The molecule has 0 amide bonds. The third-order valence-corrected chi connectivity index (χ3v) is 1.54. The Bertz CT molecular complexity index is 395. The molecule has 2 aromatic rings. The van der Waals surface area contributed by atoms with Gasteiger partial charge < -0.3 is 4.98 Å². The molecule has 0 spiro atoms. The molecule has 0 aliphatic carbocycles. The van der Waals surface area contributed by atoms with E-state index in [-0.39, 0.29) is 5.78 Å². The second-order valence-electron chi connectivity index (χ2n) is 2.39. The Hall–Kier alpha value is -2.04. The van der Waals surface area contributed by atoms with Gasteiger partial charge in [-0.1, -0.05) is 0 Å². The molecule has 0 bridgehead atoms. The molecule has 1 N–H and O–H groups in total. The van der Waals surface area contributed by atoms with Crippen molar-refractivity contribution < 1.29 is 4.79 Å². The quantitative estimate of drug-likeness (QED) is 0.670. The number of aromatic nitrogens is 4. The Balaban J connectivity index is 2.34. The van der Waals surface area contributed by atoms with Crippen LogP contribution < -0.4 is 0 Å². The molecule has 0 atom stereocenters. The van der Waals surface area contributed by atoms with Crippen molar-refractivity contribution in [2.75, 3.05) is 0 Å². The van der Waals surface area contributed by atoms with Crippen LogP contribution >= 0.6 is 0 Å². The van der Waals surface area contributed by atoms with Crippen molar-refractivity contribution >= 4 is 5.78 Å². The minimum absolute atomic E-state index is 0.203. The van der Waals surface area contributed by atoms with E-state index in [2.05, 4.69) is 19.9 Å². The van der Waals surface area contributed by atoms with Crippen LogP contribution in [0, 0.1) is 0 Å². The van der Waals surface area contributed by atoms with E-state index < -0.39 is 0 Å². The van der Waals surface area contributed by atoms with E-state index in [0.717, 1.165) is 0 Å². The number of imidazole rings is 1. The Morgan fingerprint density at radius 2 is 2.15 bits per heavy atom. The van der Waals surface area contributed by atoms with Gasteiger partial charge in [0.05, 0.1) is 18.7 Å². The Labute approximate surface area is 73.9 Å². The van der Waals surface area contributed by atoms with Gasteiger partial charge in [0, 0.05) is 12.4 Å². The van der Waals surface area contributed by atoms with Crippen molar-refractivity contribution in [2.24, 2.45) is 0 Å². The van der Waals surface area contributed by atoms with Crippen LogP contribution in [0.25, 0.3) is 0 Å². The van der Waals surface area contributed by atoms with Crippen LogP contribution in [0.4, 0.5) is 0 Å². The van der Waals surface area contributed by atoms with Crippen LogP contribution in [0.5, 0.6) is 0 Å². The summed E-state index contributed by atoms with van der Waals surface area (Å²) in [5, 5.41) is 0. The van der Waals surface area contributed by atoms with E-state index in [9.17, 15) is 4.79 Å². The van der Waals surface area contributed by atoms with E-state index >= 15 is 0 Å². The first-order chi connectivity index (χ1) is 6.38. The molecule has 0 fully saturated rings. The number of hydrogen-bond acceptors (Lipinski definition) is 4. The van der Waals surface area contributed by atoms with Crippen LogP contribution in [-0.4, -0.2) is 25.7 Å². The lowest BCUT2D eigenvalue weighted by atomic mass is 10.2. The molecule has 5 nitrogen and oxygen atoms in total. The largest absolute Gasteiger partial charge is 0.342 e. The molecule has 0 saturated carbocycles. The maximum Gasteiger partial charge on any atom is 0.230 e. The number of nitrogens with zero attached hydrogens (tertiary/aromatic N) is 3. The number of carbonyl (C=O) groups excluding carboxylic acids is 1. The summed E-state index contributed by atoms with van der Waals surface area (Å²) in [6.07, 6.45) is 7.32. The van der Waals surface area contributed by atoms with Gasteiger partial charge in [0.2, 0.25) is 5.78 Å². The van der Waals surface area contributed by atoms with Gasteiger partial charge in [0.1, 0.15) is 11.4 Å². The predicted molar refractivity (Wildman–Crippen MR) is 44.1 cm³/mol. The summed E-state index contributed by atoms with van der Waals surface area (Å²) >= 11 is 0. The third-order valence-electron chi connectivity index (χ3n) is 1.54. The summed E-state index contributed by atoms with van der Waals surface area (Å²) in [7, 11) is 0. The van der Waals surface area contributed by atoms with Gasteiger partial charge in [-0.3, -0.25) is 9.78 Å². The summed E-state index contributed by atoms with van der Waals surface area (Å²) in [5.41, 5.74) is 0.729. The zero-order valence-electron chi connectivity index (χ0n) is 6.64. The minimum Gasteiger partial charge on any atom is -0.342 e. The van der Waals surface area contributed by atoms with Crippen molar-refractivity contribution in [1.29, 1.82) is 0 Å². The molecule has 0 radical (unpaired) electrons. The first kappa shape index (κ1) is 7.60. The van der Waals surface area contributed by atoms with Gasteiger partial charge in [-0.2, -0.15) is 0 Å². The van der Waals surface area contributed by atoms with E-state index in [4.69, 9.17) is 0 Å². The molecule has 0 saturated heterocycles. The predicted octanol–water partition coefficient (Wildman–Crippen LogP) is 0.431. The molecule has 2 heterocycles. The molecule has 2 rings (SSSR count). The Morgan fingerprint density at radius 3 is 2.77 bits per heavy atom. The van der Waals surface area contributed by atoms with Gasteiger partial charge >= 0.3 is 0 Å². The smallest absolute Gasteiger partial charge is 0.230 e. The SMILES string of the molecule is O=C(c1cnccn1)c1cnc[nH]1. The number of aromatic amines is 1. The van der Waals surface area contributed by atoms with E-state index in [1.165, 1.54) is 31.1 Å². The topological polar surface area (TPSA) is 71.5 Å². The monoisotopic (exact) mass is 174 g/mol. The molecule has 0 aromatic carbocycles. The fourth-order valence-electron chi connectivity index (χ4n) is 0.934.